The zero-order chi connectivity index (χ0) is 12.0. The predicted octanol–water partition coefficient (Wildman–Crippen LogP) is 2.95. The zero-order valence-electron chi connectivity index (χ0n) is 11.3. The highest BCUT2D eigenvalue weighted by Gasteiger charge is 2.33. The van der Waals surface area contributed by atoms with E-state index in [9.17, 15) is 0 Å². The van der Waals surface area contributed by atoms with E-state index in [2.05, 4.69) is 26.1 Å². The fourth-order valence-electron chi connectivity index (χ4n) is 2.94. The van der Waals surface area contributed by atoms with Crippen LogP contribution in [0.3, 0.4) is 0 Å². The Bertz CT molecular complexity index is 186. The summed E-state index contributed by atoms with van der Waals surface area (Å²) in [6, 6.07) is 0.701. The second-order valence-electron chi connectivity index (χ2n) is 6.25. The lowest BCUT2D eigenvalue weighted by molar-refractivity contribution is 0.130. The summed E-state index contributed by atoms with van der Waals surface area (Å²) in [6.45, 7) is 8.50. The molecule has 2 N–H and O–H groups in total. The van der Waals surface area contributed by atoms with E-state index >= 15 is 0 Å². The third-order valence-electron chi connectivity index (χ3n) is 3.87. The summed E-state index contributed by atoms with van der Waals surface area (Å²) in [5.74, 6) is 0.815. The average Bonchev–Trinajstić information content (AvgIpc) is 2.24. The summed E-state index contributed by atoms with van der Waals surface area (Å²) in [5, 5.41) is 12.5. The Morgan fingerprint density at radius 2 is 1.81 bits per heavy atom. The molecule has 1 aliphatic rings. The molecular formula is C14H29NO. The first-order valence-electron chi connectivity index (χ1n) is 6.90. The highest BCUT2D eigenvalue weighted by atomic mass is 16.2. The third-order valence-corrected chi connectivity index (χ3v) is 3.87. The van der Waals surface area contributed by atoms with E-state index in [4.69, 9.17) is 5.11 Å². The van der Waals surface area contributed by atoms with Gasteiger partial charge >= 0.3 is 0 Å². The van der Waals surface area contributed by atoms with E-state index in [1.807, 2.05) is 0 Å². The Morgan fingerprint density at radius 1 is 1.12 bits per heavy atom. The van der Waals surface area contributed by atoms with Crippen LogP contribution in [-0.4, -0.2) is 24.3 Å². The van der Waals surface area contributed by atoms with Crippen LogP contribution in [0.4, 0.5) is 0 Å². The molecule has 2 heteroatoms. The fourth-order valence-corrected chi connectivity index (χ4v) is 2.94. The Labute approximate surface area is 101 Å². The van der Waals surface area contributed by atoms with Gasteiger partial charge in [0.1, 0.15) is 0 Å². The van der Waals surface area contributed by atoms with Crippen LogP contribution in [0.2, 0.25) is 0 Å². The van der Waals surface area contributed by atoms with Crippen molar-refractivity contribution in [2.45, 2.75) is 65.3 Å². The number of aliphatic hydroxyl groups excluding tert-OH is 1. The molecule has 1 aliphatic carbocycles. The Hall–Kier alpha value is -0.0800. The van der Waals surface area contributed by atoms with Crippen LogP contribution < -0.4 is 5.32 Å². The molecule has 1 fully saturated rings. The molecule has 2 atom stereocenters. The fraction of sp³-hybridized carbons (Fsp3) is 1.00. The molecule has 0 radical (unpaired) electrons. The molecule has 0 aliphatic heterocycles. The maximum Gasteiger partial charge on any atom is 0.0431 e. The lowest BCUT2D eigenvalue weighted by atomic mass is 9.69. The van der Waals surface area contributed by atoms with Crippen LogP contribution in [0.1, 0.15) is 59.3 Å². The van der Waals surface area contributed by atoms with Crippen molar-refractivity contribution in [3.8, 4) is 0 Å². The number of rotatable bonds is 5. The van der Waals surface area contributed by atoms with Crippen molar-refractivity contribution in [3.05, 3.63) is 0 Å². The van der Waals surface area contributed by atoms with Gasteiger partial charge in [0.05, 0.1) is 0 Å². The zero-order valence-corrected chi connectivity index (χ0v) is 11.3. The summed E-state index contributed by atoms with van der Waals surface area (Å²) >= 11 is 0. The summed E-state index contributed by atoms with van der Waals surface area (Å²) in [5.41, 5.74) is 0.426. The number of hydrogen-bond acceptors (Lipinski definition) is 2. The Kier molecular flexibility index (Phi) is 5.77. The van der Waals surface area contributed by atoms with Crippen LogP contribution in [0.5, 0.6) is 0 Å². The van der Waals surface area contributed by atoms with Crippen molar-refractivity contribution < 1.29 is 5.11 Å². The molecule has 1 rings (SSSR count). The van der Waals surface area contributed by atoms with E-state index in [0.717, 1.165) is 25.3 Å². The van der Waals surface area contributed by atoms with Crippen LogP contribution in [0.25, 0.3) is 0 Å². The molecule has 0 bridgehead atoms. The van der Waals surface area contributed by atoms with Gasteiger partial charge in [-0.3, -0.25) is 0 Å². The molecule has 2 nitrogen and oxygen atoms in total. The van der Waals surface area contributed by atoms with Gasteiger partial charge in [-0.25, -0.2) is 0 Å². The quantitative estimate of drug-likeness (QED) is 0.708. The third kappa shape index (κ3) is 4.42. The average molecular weight is 227 g/mol. The van der Waals surface area contributed by atoms with Crippen molar-refractivity contribution in [2.75, 3.05) is 13.2 Å². The lowest BCUT2D eigenvalue weighted by Crippen LogP contribution is -2.44. The maximum atomic E-state index is 8.76. The number of hydrogen-bond donors (Lipinski definition) is 2. The van der Waals surface area contributed by atoms with Gasteiger partial charge in [-0.1, -0.05) is 33.6 Å². The van der Waals surface area contributed by atoms with Gasteiger partial charge in [0, 0.05) is 12.6 Å². The van der Waals surface area contributed by atoms with E-state index < -0.39 is 0 Å². The summed E-state index contributed by atoms with van der Waals surface area (Å²) < 4.78 is 0. The summed E-state index contributed by atoms with van der Waals surface area (Å²) in [7, 11) is 0. The van der Waals surface area contributed by atoms with Crippen molar-refractivity contribution in [1.29, 1.82) is 0 Å². The van der Waals surface area contributed by atoms with Crippen LogP contribution in [0.15, 0.2) is 0 Å². The monoisotopic (exact) mass is 227 g/mol. The molecule has 0 heterocycles. The SMILES string of the molecule is CC(C)(C)C1CCCCC1NCCCCO. The van der Waals surface area contributed by atoms with Crippen molar-refractivity contribution in [1.82, 2.24) is 5.32 Å². The highest BCUT2D eigenvalue weighted by molar-refractivity contribution is 4.88. The van der Waals surface area contributed by atoms with Gasteiger partial charge < -0.3 is 10.4 Å². The minimum Gasteiger partial charge on any atom is -0.396 e. The largest absolute Gasteiger partial charge is 0.396 e. The van der Waals surface area contributed by atoms with Crippen LogP contribution in [0, 0.1) is 11.3 Å². The minimum atomic E-state index is 0.328. The van der Waals surface area contributed by atoms with Gasteiger partial charge in [0.2, 0.25) is 0 Å². The van der Waals surface area contributed by atoms with Gasteiger partial charge in [-0.2, -0.15) is 0 Å². The first-order valence-corrected chi connectivity index (χ1v) is 6.90. The van der Waals surface area contributed by atoms with Crippen LogP contribution >= 0.6 is 0 Å². The van der Waals surface area contributed by atoms with Gasteiger partial charge in [0.25, 0.3) is 0 Å². The van der Waals surface area contributed by atoms with E-state index in [0.29, 0.717) is 18.1 Å². The van der Waals surface area contributed by atoms with Crippen LogP contribution in [-0.2, 0) is 0 Å². The molecule has 0 aromatic rings. The molecule has 1 saturated carbocycles. The maximum absolute atomic E-state index is 8.76. The smallest absolute Gasteiger partial charge is 0.0431 e. The first-order chi connectivity index (χ1) is 7.55. The second-order valence-corrected chi connectivity index (χ2v) is 6.25. The van der Waals surface area contributed by atoms with E-state index in [1.54, 1.807) is 0 Å². The topological polar surface area (TPSA) is 32.3 Å². The molecule has 0 amide bonds. The minimum absolute atomic E-state index is 0.328. The summed E-state index contributed by atoms with van der Waals surface area (Å²) in [4.78, 5) is 0. The van der Waals surface area contributed by atoms with E-state index in [-0.39, 0.29) is 0 Å². The molecule has 2 unspecified atom stereocenters. The molecule has 0 spiro atoms. The van der Waals surface area contributed by atoms with Gasteiger partial charge in [-0.05, 0) is 43.6 Å². The number of unbranched alkanes of at least 4 members (excludes halogenated alkanes) is 1. The number of aliphatic hydroxyl groups is 1. The van der Waals surface area contributed by atoms with E-state index in [1.165, 1.54) is 25.7 Å². The standard InChI is InChI=1S/C14H29NO/c1-14(2,3)12-8-4-5-9-13(12)15-10-6-7-11-16/h12-13,15-16H,4-11H2,1-3H3. The molecule has 0 aromatic carbocycles. The normalized spacial score (nSPS) is 27.0. The first kappa shape index (κ1) is 14.0. The highest BCUT2D eigenvalue weighted by Crippen LogP contribution is 2.37. The Morgan fingerprint density at radius 3 is 2.44 bits per heavy atom. The van der Waals surface area contributed by atoms with Crippen molar-refractivity contribution in [2.24, 2.45) is 11.3 Å². The second kappa shape index (κ2) is 6.61. The molecule has 16 heavy (non-hydrogen) atoms. The van der Waals surface area contributed by atoms with Gasteiger partial charge in [0.15, 0.2) is 0 Å². The molecule has 96 valence electrons. The van der Waals surface area contributed by atoms with Gasteiger partial charge in [-0.15, -0.1) is 0 Å². The molecule has 0 saturated heterocycles. The molecule has 0 aromatic heterocycles. The lowest BCUT2D eigenvalue weighted by Gasteiger charge is -2.41. The number of nitrogens with one attached hydrogen (secondary N) is 1. The molecular weight excluding hydrogens is 198 g/mol. The summed E-state index contributed by atoms with van der Waals surface area (Å²) in [6.07, 6.45) is 7.52. The predicted molar refractivity (Wildman–Crippen MR) is 69.5 cm³/mol. The van der Waals surface area contributed by atoms with Crippen molar-refractivity contribution >= 4 is 0 Å². The Balaban J connectivity index is 2.35. The van der Waals surface area contributed by atoms with Crippen molar-refractivity contribution in [3.63, 3.8) is 0 Å².